The Bertz CT molecular complexity index is 450. The number of morpholine rings is 1. The van der Waals surface area contributed by atoms with Gasteiger partial charge in [0.2, 0.25) is 0 Å². The van der Waals surface area contributed by atoms with Gasteiger partial charge in [-0.1, -0.05) is 19.9 Å². The third-order valence-corrected chi connectivity index (χ3v) is 3.99. The van der Waals surface area contributed by atoms with E-state index in [1.807, 2.05) is 6.07 Å². The number of hydrogen-bond acceptors (Lipinski definition) is 3. The Morgan fingerprint density at radius 3 is 2.79 bits per heavy atom. The maximum Gasteiger partial charge on any atom is 0.165 e. The molecular formula is C15H22FNO2. The number of ether oxygens (including phenoxy) is 2. The van der Waals surface area contributed by atoms with Gasteiger partial charge in [0, 0.05) is 13.1 Å². The van der Waals surface area contributed by atoms with Crippen molar-refractivity contribution >= 4 is 0 Å². The van der Waals surface area contributed by atoms with E-state index < -0.39 is 0 Å². The number of methoxy groups -OCH3 is 1. The maximum absolute atomic E-state index is 13.8. The van der Waals surface area contributed by atoms with Crippen LogP contribution in [-0.4, -0.2) is 25.8 Å². The minimum atomic E-state index is -0.347. The van der Waals surface area contributed by atoms with Gasteiger partial charge in [0.25, 0.3) is 0 Å². The van der Waals surface area contributed by atoms with Crippen LogP contribution in [0.5, 0.6) is 5.75 Å². The summed E-state index contributed by atoms with van der Waals surface area (Å²) in [6.45, 7) is 7.89. The van der Waals surface area contributed by atoms with Crippen LogP contribution in [0.1, 0.15) is 32.4 Å². The van der Waals surface area contributed by atoms with Gasteiger partial charge >= 0.3 is 0 Å². The van der Waals surface area contributed by atoms with Crippen LogP contribution in [0.3, 0.4) is 0 Å². The van der Waals surface area contributed by atoms with Gasteiger partial charge < -0.3 is 14.8 Å². The maximum atomic E-state index is 13.8. The molecule has 0 bridgehead atoms. The molecule has 4 heteroatoms. The first-order valence-electron chi connectivity index (χ1n) is 6.68. The summed E-state index contributed by atoms with van der Waals surface area (Å²) in [4.78, 5) is 0. The second-order valence-electron chi connectivity index (χ2n) is 5.60. The highest BCUT2D eigenvalue weighted by Gasteiger charge is 2.36. The standard InChI is InChI=1S/C15H22FNO2/c1-10(2)15(3)9-17-8-14(19-15)11-5-6-13(18-4)12(16)7-11/h5-7,10,14,17H,8-9H2,1-4H3. The van der Waals surface area contributed by atoms with Crippen molar-refractivity contribution in [1.29, 1.82) is 0 Å². The van der Waals surface area contributed by atoms with Crippen molar-refractivity contribution in [2.45, 2.75) is 32.5 Å². The SMILES string of the molecule is COc1ccc(C2CNCC(C)(C(C)C)O2)cc1F. The van der Waals surface area contributed by atoms with Crippen molar-refractivity contribution in [1.82, 2.24) is 5.32 Å². The zero-order valence-electron chi connectivity index (χ0n) is 12.0. The molecule has 0 aliphatic carbocycles. The van der Waals surface area contributed by atoms with Gasteiger partial charge in [0.05, 0.1) is 18.8 Å². The molecule has 1 fully saturated rings. The molecule has 19 heavy (non-hydrogen) atoms. The number of halogens is 1. The number of nitrogens with one attached hydrogen (secondary N) is 1. The van der Waals surface area contributed by atoms with E-state index in [0.717, 1.165) is 12.1 Å². The number of benzene rings is 1. The summed E-state index contributed by atoms with van der Waals surface area (Å²) >= 11 is 0. The summed E-state index contributed by atoms with van der Waals surface area (Å²) < 4.78 is 24.9. The molecule has 1 saturated heterocycles. The van der Waals surface area contributed by atoms with E-state index >= 15 is 0 Å². The zero-order chi connectivity index (χ0) is 14.0. The van der Waals surface area contributed by atoms with E-state index in [1.165, 1.54) is 13.2 Å². The monoisotopic (exact) mass is 267 g/mol. The minimum Gasteiger partial charge on any atom is -0.494 e. The third-order valence-electron chi connectivity index (χ3n) is 3.99. The average molecular weight is 267 g/mol. The fourth-order valence-corrected chi connectivity index (χ4v) is 2.27. The number of hydrogen-bond donors (Lipinski definition) is 1. The highest BCUT2D eigenvalue weighted by Crippen LogP contribution is 2.33. The lowest BCUT2D eigenvalue weighted by Crippen LogP contribution is -2.52. The summed E-state index contributed by atoms with van der Waals surface area (Å²) in [5.41, 5.74) is 0.622. The van der Waals surface area contributed by atoms with Crippen LogP contribution in [0, 0.1) is 11.7 Å². The first kappa shape index (κ1) is 14.3. The lowest BCUT2D eigenvalue weighted by atomic mass is 9.90. The Labute approximate surface area is 114 Å². The minimum absolute atomic E-state index is 0.124. The Hall–Kier alpha value is -1.13. The normalized spacial score (nSPS) is 27.6. The molecule has 2 rings (SSSR count). The van der Waals surface area contributed by atoms with Crippen LogP contribution in [-0.2, 0) is 4.74 Å². The molecule has 0 amide bonds. The van der Waals surface area contributed by atoms with Crippen molar-refractivity contribution in [2.24, 2.45) is 5.92 Å². The van der Waals surface area contributed by atoms with Crippen LogP contribution in [0.2, 0.25) is 0 Å². The predicted octanol–water partition coefficient (Wildman–Crippen LogP) is 2.91. The summed E-state index contributed by atoms with van der Waals surface area (Å²) in [5, 5.41) is 3.37. The Balaban J connectivity index is 2.20. The highest BCUT2D eigenvalue weighted by molar-refractivity contribution is 5.31. The van der Waals surface area contributed by atoms with Crippen molar-refractivity contribution in [3.8, 4) is 5.75 Å². The quantitative estimate of drug-likeness (QED) is 0.913. The Morgan fingerprint density at radius 1 is 1.47 bits per heavy atom. The van der Waals surface area contributed by atoms with Gasteiger partial charge in [-0.15, -0.1) is 0 Å². The molecule has 3 nitrogen and oxygen atoms in total. The zero-order valence-corrected chi connectivity index (χ0v) is 12.0. The summed E-state index contributed by atoms with van der Waals surface area (Å²) in [7, 11) is 1.46. The van der Waals surface area contributed by atoms with Gasteiger partial charge in [0.15, 0.2) is 11.6 Å². The topological polar surface area (TPSA) is 30.5 Å². The largest absolute Gasteiger partial charge is 0.494 e. The van der Waals surface area contributed by atoms with Crippen LogP contribution < -0.4 is 10.1 Å². The molecule has 1 heterocycles. The molecule has 106 valence electrons. The van der Waals surface area contributed by atoms with Crippen molar-refractivity contribution in [3.05, 3.63) is 29.6 Å². The molecule has 0 saturated carbocycles. The number of rotatable bonds is 3. The van der Waals surface area contributed by atoms with Crippen LogP contribution in [0.4, 0.5) is 4.39 Å². The van der Waals surface area contributed by atoms with Gasteiger partial charge in [-0.05, 0) is 30.5 Å². The molecule has 1 aromatic rings. The van der Waals surface area contributed by atoms with Gasteiger partial charge in [-0.2, -0.15) is 0 Å². The molecule has 1 aromatic carbocycles. The second kappa shape index (κ2) is 5.47. The van der Waals surface area contributed by atoms with Gasteiger partial charge in [0.1, 0.15) is 0 Å². The first-order valence-corrected chi connectivity index (χ1v) is 6.68. The smallest absolute Gasteiger partial charge is 0.165 e. The van der Waals surface area contributed by atoms with E-state index in [9.17, 15) is 4.39 Å². The van der Waals surface area contributed by atoms with Crippen molar-refractivity contribution in [2.75, 3.05) is 20.2 Å². The van der Waals surface area contributed by atoms with E-state index in [1.54, 1.807) is 6.07 Å². The summed E-state index contributed by atoms with van der Waals surface area (Å²) in [6.07, 6.45) is -0.124. The Morgan fingerprint density at radius 2 is 2.21 bits per heavy atom. The fourth-order valence-electron chi connectivity index (χ4n) is 2.27. The third kappa shape index (κ3) is 2.90. The molecule has 1 aliphatic heterocycles. The predicted molar refractivity (Wildman–Crippen MR) is 72.9 cm³/mol. The highest BCUT2D eigenvalue weighted by atomic mass is 19.1. The summed E-state index contributed by atoms with van der Waals surface area (Å²) in [6, 6.07) is 5.01. The molecule has 0 aromatic heterocycles. The van der Waals surface area contributed by atoms with Crippen LogP contribution in [0.25, 0.3) is 0 Å². The van der Waals surface area contributed by atoms with Gasteiger partial charge in [-0.3, -0.25) is 0 Å². The summed E-state index contributed by atoms with van der Waals surface area (Å²) in [5.74, 6) is 0.311. The van der Waals surface area contributed by atoms with E-state index in [2.05, 4.69) is 26.1 Å². The van der Waals surface area contributed by atoms with Crippen molar-refractivity contribution in [3.63, 3.8) is 0 Å². The molecule has 2 unspecified atom stereocenters. The van der Waals surface area contributed by atoms with E-state index in [4.69, 9.17) is 9.47 Å². The molecular weight excluding hydrogens is 245 g/mol. The van der Waals surface area contributed by atoms with E-state index in [-0.39, 0.29) is 23.3 Å². The van der Waals surface area contributed by atoms with E-state index in [0.29, 0.717) is 12.5 Å². The molecule has 0 spiro atoms. The first-order chi connectivity index (χ1) is 8.96. The lowest BCUT2D eigenvalue weighted by molar-refractivity contribution is -0.132. The van der Waals surface area contributed by atoms with Crippen LogP contribution >= 0.6 is 0 Å². The molecule has 0 radical (unpaired) electrons. The van der Waals surface area contributed by atoms with Gasteiger partial charge in [-0.25, -0.2) is 4.39 Å². The van der Waals surface area contributed by atoms with Crippen molar-refractivity contribution < 1.29 is 13.9 Å². The molecule has 2 atom stereocenters. The Kier molecular flexibility index (Phi) is 4.11. The lowest BCUT2D eigenvalue weighted by Gasteiger charge is -2.42. The average Bonchev–Trinajstić information content (AvgIpc) is 2.38. The molecule has 1 N–H and O–H groups in total. The van der Waals surface area contributed by atoms with Crippen LogP contribution in [0.15, 0.2) is 18.2 Å². The second-order valence-corrected chi connectivity index (χ2v) is 5.60. The molecule has 1 aliphatic rings. The fraction of sp³-hybridized carbons (Fsp3) is 0.600.